The molecule has 1 heterocycles. The minimum absolute atomic E-state index is 0.138. The Labute approximate surface area is 195 Å². The van der Waals surface area contributed by atoms with Crippen molar-refractivity contribution < 1.29 is 19.1 Å². The molecule has 0 aliphatic carbocycles. The lowest BCUT2D eigenvalue weighted by molar-refractivity contribution is -0.120. The SMILES string of the molecule is COc1ccc(NC2=C(c3ccc(Cl)cc3)C(=O)N(c3ccc(Cl)cc3)C2=O)cc1OC. The number of carbonyl (C=O) groups is 2. The molecule has 3 aromatic carbocycles. The van der Waals surface area contributed by atoms with Crippen LogP contribution in [-0.4, -0.2) is 26.0 Å². The fourth-order valence-electron chi connectivity index (χ4n) is 3.41. The molecule has 162 valence electrons. The lowest BCUT2D eigenvalue weighted by Gasteiger charge is -2.16. The molecular formula is C24H18Cl2N2O4. The highest BCUT2D eigenvalue weighted by Crippen LogP contribution is 2.36. The van der Waals surface area contributed by atoms with Crippen LogP contribution in [-0.2, 0) is 9.59 Å². The Morgan fingerprint density at radius 2 is 1.34 bits per heavy atom. The zero-order valence-electron chi connectivity index (χ0n) is 17.2. The van der Waals surface area contributed by atoms with E-state index in [1.54, 1.807) is 66.7 Å². The number of methoxy groups -OCH3 is 2. The molecule has 0 radical (unpaired) electrons. The molecule has 1 N–H and O–H groups in total. The zero-order chi connectivity index (χ0) is 22.8. The van der Waals surface area contributed by atoms with Crippen molar-refractivity contribution in [2.45, 2.75) is 0 Å². The number of imide groups is 1. The molecule has 0 unspecified atom stereocenters. The summed E-state index contributed by atoms with van der Waals surface area (Å²) in [5.74, 6) is 0.0821. The normalized spacial score (nSPS) is 13.6. The fourth-order valence-corrected chi connectivity index (χ4v) is 3.66. The van der Waals surface area contributed by atoms with Crippen molar-refractivity contribution >= 4 is 52.0 Å². The van der Waals surface area contributed by atoms with E-state index >= 15 is 0 Å². The van der Waals surface area contributed by atoms with Crippen LogP contribution in [0.25, 0.3) is 5.57 Å². The van der Waals surface area contributed by atoms with Gasteiger partial charge in [0.1, 0.15) is 5.70 Å². The molecule has 0 saturated heterocycles. The highest BCUT2D eigenvalue weighted by atomic mass is 35.5. The molecule has 0 saturated carbocycles. The highest BCUT2D eigenvalue weighted by molar-refractivity contribution is 6.46. The van der Waals surface area contributed by atoms with Crippen LogP contribution in [0.3, 0.4) is 0 Å². The summed E-state index contributed by atoms with van der Waals surface area (Å²) in [7, 11) is 3.06. The highest BCUT2D eigenvalue weighted by Gasteiger charge is 2.40. The third-order valence-corrected chi connectivity index (χ3v) is 5.46. The predicted octanol–water partition coefficient (Wildman–Crippen LogP) is 5.41. The first-order valence-electron chi connectivity index (χ1n) is 9.56. The monoisotopic (exact) mass is 468 g/mol. The van der Waals surface area contributed by atoms with E-state index in [0.717, 1.165) is 4.90 Å². The lowest BCUT2D eigenvalue weighted by Crippen LogP contribution is -2.32. The summed E-state index contributed by atoms with van der Waals surface area (Å²) in [5.41, 5.74) is 1.91. The number of nitrogens with zero attached hydrogens (tertiary/aromatic N) is 1. The van der Waals surface area contributed by atoms with E-state index in [-0.39, 0.29) is 11.3 Å². The first-order valence-corrected chi connectivity index (χ1v) is 10.3. The fraction of sp³-hybridized carbons (Fsp3) is 0.0833. The summed E-state index contributed by atoms with van der Waals surface area (Å²) in [6.45, 7) is 0. The number of carbonyl (C=O) groups excluding carboxylic acids is 2. The number of halogens is 2. The molecule has 0 fully saturated rings. The van der Waals surface area contributed by atoms with Gasteiger partial charge in [0.25, 0.3) is 11.8 Å². The van der Waals surface area contributed by atoms with Crippen LogP contribution in [0.2, 0.25) is 10.0 Å². The summed E-state index contributed by atoms with van der Waals surface area (Å²) in [5, 5.41) is 4.12. The van der Waals surface area contributed by atoms with E-state index in [1.165, 1.54) is 14.2 Å². The van der Waals surface area contributed by atoms with Gasteiger partial charge in [-0.3, -0.25) is 9.59 Å². The first kappa shape index (κ1) is 21.7. The van der Waals surface area contributed by atoms with Crippen molar-refractivity contribution in [1.29, 1.82) is 0 Å². The van der Waals surface area contributed by atoms with Crippen LogP contribution in [0.1, 0.15) is 5.56 Å². The van der Waals surface area contributed by atoms with Crippen LogP contribution in [0.5, 0.6) is 11.5 Å². The lowest BCUT2D eigenvalue weighted by atomic mass is 10.0. The Morgan fingerprint density at radius 1 is 0.750 bits per heavy atom. The number of hydrogen-bond donors (Lipinski definition) is 1. The van der Waals surface area contributed by atoms with Gasteiger partial charge < -0.3 is 14.8 Å². The van der Waals surface area contributed by atoms with Gasteiger partial charge in [-0.1, -0.05) is 35.3 Å². The number of nitrogens with one attached hydrogen (secondary N) is 1. The minimum Gasteiger partial charge on any atom is -0.493 e. The van der Waals surface area contributed by atoms with Gasteiger partial charge in [0, 0.05) is 21.8 Å². The van der Waals surface area contributed by atoms with Crippen molar-refractivity contribution in [3.05, 3.63) is 88.0 Å². The first-order chi connectivity index (χ1) is 15.4. The second-order valence-electron chi connectivity index (χ2n) is 6.87. The number of amides is 2. The topological polar surface area (TPSA) is 67.9 Å². The Kier molecular flexibility index (Phi) is 6.08. The van der Waals surface area contributed by atoms with Crippen molar-refractivity contribution in [2.75, 3.05) is 24.4 Å². The Balaban J connectivity index is 1.80. The van der Waals surface area contributed by atoms with E-state index in [9.17, 15) is 9.59 Å². The van der Waals surface area contributed by atoms with Gasteiger partial charge in [0.2, 0.25) is 0 Å². The van der Waals surface area contributed by atoms with Gasteiger partial charge in [-0.05, 0) is 54.1 Å². The Morgan fingerprint density at radius 3 is 1.94 bits per heavy atom. The molecule has 1 aliphatic heterocycles. The zero-order valence-corrected chi connectivity index (χ0v) is 18.7. The molecule has 0 bridgehead atoms. The maximum Gasteiger partial charge on any atom is 0.282 e. The van der Waals surface area contributed by atoms with Gasteiger partial charge >= 0.3 is 0 Å². The van der Waals surface area contributed by atoms with E-state index in [2.05, 4.69) is 5.32 Å². The summed E-state index contributed by atoms with van der Waals surface area (Å²) in [6.07, 6.45) is 0. The van der Waals surface area contributed by atoms with E-state index in [0.29, 0.717) is 38.5 Å². The predicted molar refractivity (Wildman–Crippen MR) is 125 cm³/mol. The number of anilines is 2. The Bertz CT molecular complexity index is 1220. The van der Waals surface area contributed by atoms with Crippen molar-refractivity contribution in [3.8, 4) is 11.5 Å². The van der Waals surface area contributed by atoms with Crippen LogP contribution in [0, 0.1) is 0 Å². The molecule has 3 aromatic rings. The molecule has 0 aromatic heterocycles. The molecule has 32 heavy (non-hydrogen) atoms. The summed E-state index contributed by atoms with van der Waals surface area (Å²) in [6, 6.07) is 18.4. The maximum absolute atomic E-state index is 13.4. The van der Waals surface area contributed by atoms with Crippen LogP contribution < -0.4 is 19.7 Å². The number of benzene rings is 3. The van der Waals surface area contributed by atoms with Gasteiger partial charge in [-0.15, -0.1) is 0 Å². The summed E-state index contributed by atoms with van der Waals surface area (Å²) < 4.78 is 10.6. The molecule has 8 heteroatoms. The van der Waals surface area contributed by atoms with Crippen LogP contribution in [0.4, 0.5) is 11.4 Å². The number of hydrogen-bond acceptors (Lipinski definition) is 5. The van der Waals surface area contributed by atoms with Gasteiger partial charge in [0.15, 0.2) is 11.5 Å². The maximum atomic E-state index is 13.4. The standard InChI is InChI=1S/C24H18Cl2N2O4/c1-31-19-12-9-17(13-20(19)32-2)27-22-21(14-3-5-15(25)6-4-14)23(29)28(24(22)30)18-10-7-16(26)8-11-18/h3-13,27H,1-2H3. The van der Waals surface area contributed by atoms with Gasteiger partial charge in [0.05, 0.1) is 25.5 Å². The average Bonchev–Trinajstić information content (AvgIpc) is 3.04. The van der Waals surface area contributed by atoms with Gasteiger partial charge in [-0.2, -0.15) is 0 Å². The summed E-state index contributed by atoms with van der Waals surface area (Å²) in [4.78, 5) is 27.9. The number of rotatable bonds is 6. The average molecular weight is 469 g/mol. The largest absolute Gasteiger partial charge is 0.493 e. The molecular weight excluding hydrogens is 451 g/mol. The Hall–Kier alpha value is -3.48. The van der Waals surface area contributed by atoms with E-state index in [1.807, 2.05) is 0 Å². The second-order valence-corrected chi connectivity index (χ2v) is 7.75. The number of ether oxygens (including phenoxy) is 2. The third-order valence-electron chi connectivity index (χ3n) is 4.95. The van der Waals surface area contributed by atoms with Crippen molar-refractivity contribution in [2.24, 2.45) is 0 Å². The van der Waals surface area contributed by atoms with Crippen molar-refractivity contribution in [1.82, 2.24) is 0 Å². The molecule has 4 rings (SSSR count). The molecule has 0 atom stereocenters. The van der Waals surface area contributed by atoms with Crippen LogP contribution in [0.15, 0.2) is 72.4 Å². The van der Waals surface area contributed by atoms with Crippen LogP contribution >= 0.6 is 23.2 Å². The van der Waals surface area contributed by atoms with E-state index < -0.39 is 11.8 Å². The quantitative estimate of drug-likeness (QED) is 0.490. The smallest absolute Gasteiger partial charge is 0.282 e. The van der Waals surface area contributed by atoms with Gasteiger partial charge in [-0.25, -0.2) is 4.90 Å². The minimum atomic E-state index is -0.489. The van der Waals surface area contributed by atoms with Crippen molar-refractivity contribution in [3.63, 3.8) is 0 Å². The molecule has 2 amide bonds. The molecule has 6 nitrogen and oxygen atoms in total. The van der Waals surface area contributed by atoms with E-state index in [4.69, 9.17) is 32.7 Å². The third kappa shape index (κ3) is 4.02. The molecule has 0 spiro atoms. The molecule has 1 aliphatic rings. The summed E-state index contributed by atoms with van der Waals surface area (Å²) >= 11 is 12.0. The second kappa shape index (κ2) is 8.94.